The van der Waals surface area contributed by atoms with Crippen molar-refractivity contribution in [1.82, 2.24) is 20.3 Å². The molecule has 0 aliphatic rings. The van der Waals surface area contributed by atoms with Gasteiger partial charge >= 0.3 is 0 Å². The summed E-state index contributed by atoms with van der Waals surface area (Å²) in [6.45, 7) is 3.98. The van der Waals surface area contributed by atoms with Gasteiger partial charge in [-0.2, -0.15) is 4.98 Å². The molecule has 7 heteroatoms. The molecule has 0 unspecified atom stereocenters. The third-order valence-electron chi connectivity index (χ3n) is 3.77. The maximum absolute atomic E-state index is 5.70. The predicted octanol–water partition coefficient (Wildman–Crippen LogP) is 3.98. The summed E-state index contributed by atoms with van der Waals surface area (Å²) in [5.74, 6) is 2.66. The molecule has 4 rings (SSSR count). The van der Waals surface area contributed by atoms with Gasteiger partial charge in [-0.1, -0.05) is 22.9 Å². The Morgan fingerprint density at radius 3 is 2.31 bits per heavy atom. The first-order valence-corrected chi connectivity index (χ1v) is 8.10. The molecule has 0 aliphatic heterocycles. The molecule has 2 heterocycles. The van der Waals surface area contributed by atoms with Gasteiger partial charge in [0, 0.05) is 18.1 Å². The zero-order valence-corrected chi connectivity index (χ0v) is 14.3. The second-order valence-corrected chi connectivity index (χ2v) is 5.82. The molecule has 0 saturated heterocycles. The molecule has 7 nitrogen and oxygen atoms in total. The third kappa shape index (κ3) is 3.46. The minimum Gasteiger partial charge on any atom is -0.484 e. The van der Waals surface area contributed by atoms with Crippen molar-refractivity contribution in [2.45, 2.75) is 20.5 Å². The molecule has 0 saturated carbocycles. The maximum Gasteiger partial charge on any atom is 0.254 e. The van der Waals surface area contributed by atoms with Crippen molar-refractivity contribution in [1.29, 1.82) is 0 Å². The molecule has 26 heavy (non-hydrogen) atoms. The number of nitrogens with zero attached hydrogens (tertiary/aromatic N) is 4. The number of ether oxygens (including phenoxy) is 1. The highest BCUT2D eigenvalue weighted by Crippen LogP contribution is 2.22. The van der Waals surface area contributed by atoms with E-state index < -0.39 is 0 Å². The lowest BCUT2D eigenvalue weighted by Crippen LogP contribution is -1.95. The minimum absolute atomic E-state index is 0.194. The van der Waals surface area contributed by atoms with Gasteiger partial charge in [0.25, 0.3) is 5.89 Å². The lowest BCUT2D eigenvalue weighted by atomic mass is 10.1. The van der Waals surface area contributed by atoms with Crippen LogP contribution in [0.3, 0.4) is 0 Å². The van der Waals surface area contributed by atoms with Crippen LogP contribution >= 0.6 is 0 Å². The molecule has 0 atom stereocenters. The molecule has 2 aromatic heterocycles. The number of aryl methyl sites for hydroxylation is 2. The third-order valence-corrected chi connectivity index (χ3v) is 3.77. The van der Waals surface area contributed by atoms with Crippen LogP contribution in [-0.2, 0) is 6.61 Å². The summed E-state index contributed by atoms with van der Waals surface area (Å²) in [7, 11) is 0. The van der Waals surface area contributed by atoms with Gasteiger partial charge < -0.3 is 13.7 Å². The van der Waals surface area contributed by atoms with Crippen molar-refractivity contribution >= 4 is 0 Å². The number of rotatable bonds is 5. The average molecular weight is 348 g/mol. The molecule has 0 bridgehead atoms. The number of hydrogen-bond donors (Lipinski definition) is 0. The first kappa shape index (κ1) is 16.0. The van der Waals surface area contributed by atoms with E-state index >= 15 is 0 Å². The average Bonchev–Trinajstić information content (AvgIpc) is 3.30. The fourth-order valence-corrected chi connectivity index (χ4v) is 2.39. The van der Waals surface area contributed by atoms with Crippen LogP contribution in [0.2, 0.25) is 0 Å². The van der Waals surface area contributed by atoms with Crippen LogP contribution in [0.25, 0.3) is 22.8 Å². The topological polar surface area (TPSA) is 87.1 Å². The fourth-order valence-electron chi connectivity index (χ4n) is 2.39. The van der Waals surface area contributed by atoms with Crippen molar-refractivity contribution in [3.05, 3.63) is 65.9 Å². The zero-order chi connectivity index (χ0) is 17.9. The highest BCUT2D eigenvalue weighted by molar-refractivity contribution is 5.55. The molecular weight excluding hydrogens is 332 g/mol. The SMILES string of the molecule is Cc1ccc(-c2nnc(COc3ccc(-c4noc(C)n4)cc3)o2)cc1. The summed E-state index contributed by atoms with van der Waals surface area (Å²) in [5.41, 5.74) is 2.92. The summed E-state index contributed by atoms with van der Waals surface area (Å²) >= 11 is 0. The molecule has 2 aromatic carbocycles. The quantitative estimate of drug-likeness (QED) is 0.539. The predicted molar refractivity (Wildman–Crippen MR) is 93.3 cm³/mol. The second kappa shape index (κ2) is 6.79. The Morgan fingerprint density at radius 1 is 0.885 bits per heavy atom. The van der Waals surface area contributed by atoms with Gasteiger partial charge in [-0.15, -0.1) is 10.2 Å². The second-order valence-electron chi connectivity index (χ2n) is 5.82. The standard InChI is InChI=1S/C19H16N4O3/c1-12-3-5-15(6-4-12)19-22-21-17(25-19)11-24-16-9-7-14(8-10-16)18-20-13(2)26-23-18/h3-10H,11H2,1-2H3. The van der Waals surface area contributed by atoms with E-state index in [9.17, 15) is 0 Å². The summed E-state index contributed by atoms with van der Waals surface area (Å²) in [5, 5.41) is 12.0. The van der Waals surface area contributed by atoms with Crippen molar-refractivity contribution in [2.24, 2.45) is 0 Å². The molecule has 0 spiro atoms. The van der Waals surface area contributed by atoms with E-state index in [0.29, 0.717) is 29.2 Å². The molecule has 0 N–H and O–H groups in total. The smallest absolute Gasteiger partial charge is 0.254 e. The normalized spacial score (nSPS) is 10.8. The van der Waals surface area contributed by atoms with Crippen molar-refractivity contribution in [3.63, 3.8) is 0 Å². The van der Waals surface area contributed by atoms with E-state index in [1.807, 2.05) is 55.5 Å². The number of benzene rings is 2. The Hall–Kier alpha value is -3.48. The molecule has 0 amide bonds. The molecular formula is C19H16N4O3. The first-order chi connectivity index (χ1) is 12.7. The number of hydrogen-bond acceptors (Lipinski definition) is 7. The summed E-state index contributed by atoms with van der Waals surface area (Å²) in [6, 6.07) is 15.3. The van der Waals surface area contributed by atoms with Crippen molar-refractivity contribution < 1.29 is 13.7 Å². The molecule has 0 aliphatic carbocycles. The van der Waals surface area contributed by atoms with Gasteiger partial charge in [0.05, 0.1) is 0 Å². The Morgan fingerprint density at radius 2 is 1.62 bits per heavy atom. The van der Waals surface area contributed by atoms with Crippen LogP contribution in [-0.4, -0.2) is 20.3 Å². The first-order valence-electron chi connectivity index (χ1n) is 8.10. The van der Waals surface area contributed by atoms with Crippen LogP contribution in [0, 0.1) is 13.8 Å². The summed E-state index contributed by atoms with van der Waals surface area (Å²) < 4.78 is 16.3. The molecule has 0 fully saturated rings. The highest BCUT2D eigenvalue weighted by Gasteiger charge is 2.10. The van der Waals surface area contributed by atoms with Crippen LogP contribution in [0.4, 0.5) is 0 Å². The maximum atomic E-state index is 5.70. The Kier molecular flexibility index (Phi) is 4.18. The van der Waals surface area contributed by atoms with E-state index in [1.165, 1.54) is 5.56 Å². The Balaban J connectivity index is 1.40. The van der Waals surface area contributed by atoms with Crippen molar-refractivity contribution in [2.75, 3.05) is 0 Å². The van der Waals surface area contributed by atoms with Crippen LogP contribution in [0.5, 0.6) is 5.75 Å². The van der Waals surface area contributed by atoms with Gasteiger partial charge in [-0.05, 0) is 43.3 Å². The van der Waals surface area contributed by atoms with Gasteiger partial charge in [0.15, 0.2) is 6.61 Å². The summed E-state index contributed by atoms with van der Waals surface area (Å²) in [4.78, 5) is 4.19. The molecule has 130 valence electrons. The van der Waals surface area contributed by atoms with Crippen LogP contribution in [0.15, 0.2) is 57.5 Å². The molecule has 4 aromatic rings. The lowest BCUT2D eigenvalue weighted by molar-refractivity contribution is 0.264. The van der Waals surface area contributed by atoms with Gasteiger partial charge in [0.2, 0.25) is 17.6 Å². The zero-order valence-electron chi connectivity index (χ0n) is 14.3. The fraction of sp³-hybridized carbons (Fsp3) is 0.158. The largest absolute Gasteiger partial charge is 0.484 e. The van der Waals surface area contributed by atoms with E-state index in [-0.39, 0.29) is 6.61 Å². The van der Waals surface area contributed by atoms with E-state index in [4.69, 9.17) is 13.7 Å². The van der Waals surface area contributed by atoms with Crippen molar-refractivity contribution in [3.8, 4) is 28.6 Å². The minimum atomic E-state index is 0.194. The van der Waals surface area contributed by atoms with Gasteiger partial charge in [0.1, 0.15) is 5.75 Å². The number of aromatic nitrogens is 4. The Labute approximate surface area is 149 Å². The van der Waals surface area contributed by atoms with E-state index in [0.717, 1.165) is 11.1 Å². The summed E-state index contributed by atoms with van der Waals surface area (Å²) in [6.07, 6.45) is 0. The van der Waals surface area contributed by atoms with E-state index in [2.05, 4.69) is 20.3 Å². The van der Waals surface area contributed by atoms with Crippen LogP contribution < -0.4 is 4.74 Å². The van der Waals surface area contributed by atoms with Crippen LogP contribution in [0.1, 0.15) is 17.3 Å². The molecule has 0 radical (unpaired) electrons. The van der Waals surface area contributed by atoms with Gasteiger partial charge in [-0.25, -0.2) is 0 Å². The van der Waals surface area contributed by atoms with Gasteiger partial charge in [-0.3, -0.25) is 0 Å². The highest BCUT2D eigenvalue weighted by atomic mass is 16.5. The monoisotopic (exact) mass is 348 g/mol. The Bertz CT molecular complexity index is 1000. The lowest BCUT2D eigenvalue weighted by Gasteiger charge is -2.03. The van der Waals surface area contributed by atoms with E-state index in [1.54, 1.807) is 6.92 Å².